The summed E-state index contributed by atoms with van der Waals surface area (Å²) in [5.74, 6) is 0. The molecule has 0 aliphatic carbocycles. The van der Waals surface area contributed by atoms with Gasteiger partial charge >= 0.3 is 0 Å². The van der Waals surface area contributed by atoms with Gasteiger partial charge in [0, 0.05) is 12.1 Å². The van der Waals surface area contributed by atoms with E-state index in [1.807, 2.05) is 88.5 Å². The van der Waals surface area contributed by atoms with Crippen LogP contribution in [0.5, 0.6) is 0 Å². The molecule has 4 heteroatoms. The fourth-order valence-electron chi connectivity index (χ4n) is 2.91. The number of hydrogen-bond donors (Lipinski definition) is 0. The average molecular weight is 359 g/mol. The number of hydrogen-bond acceptors (Lipinski definition) is 1. The second-order valence-corrected chi connectivity index (χ2v) is 6.19. The fourth-order valence-corrected chi connectivity index (χ4v) is 2.91. The molecule has 28 heavy (non-hydrogen) atoms. The van der Waals surface area contributed by atoms with Crippen LogP contribution in [0.3, 0.4) is 0 Å². The van der Waals surface area contributed by atoms with Crippen molar-refractivity contribution in [1.82, 2.24) is 0 Å². The van der Waals surface area contributed by atoms with Gasteiger partial charge in [-0.15, -0.1) is 11.6 Å². The summed E-state index contributed by atoms with van der Waals surface area (Å²) in [5, 5.41) is 8.90. The summed E-state index contributed by atoms with van der Waals surface area (Å²) in [6.07, 6.45) is 7.87. The van der Waals surface area contributed by atoms with Crippen molar-refractivity contribution >= 4 is 5.69 Å². The Morgan fingerprint density at radius 3 is 1.96 bits per heavy atom. The summed E-state index contributed by atoms with van der Waals surface area (Å²) in [4.78, 5) is 3.42. The minimum atomic E-state index is 0.635. The minimum absolute atomic E-state index is 0.635. The summed E-state index contributed by atoms with van der Waals surface area (Å²) in [6.45, 7) is 7.03. The lowest BCUT2D eigenvalue weighted by Gasteiger charge is -2.09. The highest BCUT2D eigenvalue weighted by atomic mass is 14.9. The van der Waals surface area contributed by atoms with E-state index < -0.39 is 0 Å². The zero-order valence-corrected chi connectivity index (χ0v) is 14.9. The Morgan fingerprint density at radius 1 is 0.786 bits per heavy atom. The SMILES string of the molecule is [C-]#[N+]c1ccc(-[n+]2ccc(-c3[c-]c[n+](-c4ccc(C#N)cc4)cc3)cc2)cc1. The van der Waals surface area contributed by atoms with Crippen molar-refractivity contribution in [2.45, 2.75) is 0 Å². The summed E-state index contributed by atoms with van der Waals surface area (Å²) >= 11 is 0. The van der Waals surface area contributed by atoms with Gasteiger partial charge in [0.25, 0.3) is 0 Å². The third-order valence-corrected chi connectivity index (χ3v) is 4.47. The molecule has 0 spiro atoms. The number of nitrogens with zero attached hydrogens (tertiary/aromatic N) is 4. The van der Waals surface area contributed by atoms with Gasteiger partial charge in [0.05, 0.1) is 18.2 Å². The van der Waals surface area contributed by atoms with Crippen LogP contribution in [0.2, 0.25) is 0 Å². The van der Waals surface area contributed by atoms with E-state index in [0.717, 1.165) is 22.5 Å². The lowest BCUT2D eigenvalue weighted by atomic mass is 10.1. The molecule has 0 aliphatic rings. The highest BCUT2D eigenvalue weighted by molar-refractivity contribution is 5.60. The Morgan fingerprint density at radius 2 is 1.39 bits per heavy atom. The van der Waals surface area contributed by atoms with Crippen LogP contribution in [-0.4, -0.2) is 0 Å². The Bertz CT molecular complexity index is 1080. The van der Waals surface area contributed by atoms with Crippen LogP contribution in [0.4, 0.5) is 5.69 Å². The summed E-state index contributed by atoms with van der Waals surface area (Å²) in [7, 11) is 0. The lowest BCUT2D eigenvalue weighted by molar-refractivity contribution is -0.596. The van der Waals surface area contributed by atoms with Crippen LogP contribution >= 0.6 is 0 Å². The molecule has 0 saturated heterocycles. The first kappa shape index (κ1) is 17.1. The number of aromatic nitrogens is 2. The molecule has 0 bridgehead atoms. The van der Waals surface area contributed by atoms with Crippen molar-refractivity contribution < 1.29 is 9.13 Å². The van der Waals surface area contributed by atoms with Gasteiger partial charge < -0.3 is 0 Å². The zero-order valence-electron chi connectivity index (χ0n) is 14.9. The average Bonchev–Trinajstić information content (AvgIpc) is 2.79. The molecule has 2 heterocycles. The predicted molar refractivity (Wildman–Crippen MR) is 105 cm³/mol. The smallest absolute Gasteiger partial charge is 0.208 e. The van der Waals surface area contributed by atoms with Gasteiger partial charge in [-0.2, -0.15) is 20.0 Å². The molecule has 0 radical (unpaired) electrons. The lowest BCUT2D eigenvalue weighted by Crippen LogP contribution is -2.29. The molecule has 0 saturated carbocycles. The maximum Gasteiger partial charge on any atom is 0.208 e. The summed E-state index contributed by atoms with van der Waals surface area (Å²) in [6, 6.07) is 26.5. The second kappa shape index (κ2) is 7.53. The van der Waals surface area contributed by atoms with Gasteiger partial charge in [-0.25, -0.2) is 4.85 Å². The monoisotopic (exact) mass is 359 g/mol. The second-order valence-electron chi connectivity index (χ2n) is 6.19. The van der Waals surface area contributed by atoms with Gasteiger partial charge in [-0.3, -0.25) is 0 Å². The molecule has 0 N–H and O–H groups in total. The first-order valence-corrected chi connectivity index (χ1v) is 8.70. The van der Waals surface area contributed by atoms with E-state index in [1.165, 1.54) is 0 Å². The van der Waals surface area contributed by atoms with E-state index in [1.54, 1.807) is 12.1 Å². The van der Waals surface area contributed by atoms with Crippen LogP contribution in [0.15, 0.2) is 91.5 Å². The topological polar surface area (TPSA) is 35.9 Å². The largest absolute Gasteiger partial charge is 0.238 e. The van der Waals surface area contributed by atoms with Crippen molar-refractivity contribution in [2.75, 3.05) is 0 Å². The molecule has 2 aromatic carbocycles. The highest BCUT2D eigenvalue weighted by Gasteiger charge is 2.06. The van der Waals surface area contributed by atoms with Crippen molar-refractivity contribution in [3.63, 3.8) is 0 Å². The third kappa shape index (κ3) is 3.49. The van der Waals surface area contributed by atoms with Crippen LogP contribution < -0.4 is 9.13 Å². The summed E-state index contributed by atoms with van der Waals surface area (Å²) in [5.41, 5.74) is 5.34. The van der Waals surface area contributed by atoms with Crippen LogP contribution in [-0.2, 0) is 0 Å². The van der Waals surface area contributed by atoms with Crippen molar-refractivity contribution in [1.29, 1.82) is 5.26 Å². The standard InChI is InChI=1S/C24H15N4/c1-26-22-4-8-24(9-5-22)28-16-12-21(13-17-28)20-10-14-27(15-11-20)23-6-2-19(18-25)3-7-23/h2-10,12-17H/q+1. The van der Waals surface area contributed by atoms with Crippen LogP contribution in [0, 0.1) is 24.0 Å². The van der Waals surface area contributed by atoms with E-state index >= 15 is 0 Å². The molecule has 0 unspecified atom stereocenters. The maximum atomic E-state index is 8.90. The van der Waals surface area contributed by atoms with Crippen molar-refractivity contribution in [2.24, 2.45) is 0 Å². The van der Waals surface area contributed by atoms with Gasteiger partial charge in [-0.1, -0.05) is 6.07 Å². The number of pyridine rings is 2. The van der Waals surface area contributed by atoms with Gasteiger partial charge in [0.15, 0.2) is 18.1 Å². The van der Waals surface area contributed by atoms with Crippen LogP contribution in [0.1, 0.15) is 5.56 Å². The highest BCUT2D eigenvalue weighted by Crippen LogP contribution is 2.17. The van der Waals surface area contributed by atoms with E-state index in [-0.39, 0.29) is 0 Å². The van der Waals surface area contributed by atoms with E-state index in [4.69, 9.17) is 11.8 Å². The molecule has 0 atom stereocenters. The molecule has 4 nitrogen and oxygen atoms in total. The van der Waals surface area contributed by atoms with Gasteiger partial charge in [-0.05, 0) is 48.5 Å². The Labute approximate surface area is 163 Å². The number of rotatable bonds is 3. The molecule has 0 fully saturated rings. The zero-order chi connectivity index (χ0) is 19.3. The number of benzene rings is 2. The van der Waals surface area contributed by atoms with E-state index in [0.29, 0.717) is 11.3 Å². The van der Waals surface area contributed by atoms with Crippen LogP contribution in [0.25, 0.3) is 27.3 Å². The Kier molecular flexibility index (Phi) is 4.61. The Balaban J connectivity index is 1.55. The molecule has 4 rings (SSSR count). The molecule has 4 aromatic rings. The van der Waals surface area contributed by atoms with Crippen molar-refractivity contribution in [3.05, 3.63) is 115 Å². The van der Waals surface area contributed by atoms with E-state index in [2.05, 4.69) is 17.0 Å². The minimum Gasteiger partial charge on any atom is -0.238 e. The quantitative estimate of drug-likeness (QED) is 0.400. The molecular formula is C24H15N4+. The summed E-state index contributed by atoms with van der Waals surface area (Å²) < 4.78 is 3.98. The molecule has 0 amide bonds. The van der Waals surface area contributed by atoms with Gasteiger partial charge in [0.1, 0.15) is 12.4 Å². The maximum absolute atomic E-state index is 8.90. The molecule has 2 aromatic heterocycles. The van der Waals surface area contributed by atoms with Gasteiger partial charge in [0.2, 0.25) is 11.4 Å². The normalized spacial score (nSPS) is 10.1. The first-order valence-electron chi connectivity index (χ1n) is 8.70. The first-order chi connectivity index (χ1) is 13.8. The Hall–Kier alpha value is -4.28. The van der Waals surface area contributed by atoms with Crippen molar-refractivity contribution in [3.8, 4) is 28.6 Å². The molecule has 0 aliphatic heterocycles. The molecular weight excluding hydrogens is 344 g/mol. The van der Waals surface area contributed by atoms with E-state index in [9.17, 15) is 0 Å². The predicted octanol–water partition coefficient (Wildman–Crippen LogP) is 4.13. The fraction of sp³-hybridized carbons (Fsp3) is 0. The molecule has 130 valence electrons. The third-order valence-electron chi connectivity index (χ3n) is 4.47. The number of nitriles is 1.